The lowest BCUT2D eigenvalue weighted by molar-refractivity contribution is -0.137. The minimum absolute atomic E-state index is 0.225. The highest BCUT2D eigenvalue weighted by molar-refractivity contribution is 6.00. The number of aromatic nitrogens is 2. The van der Waals surface area contributed by atoms with Gasteiger partial charge in [-0.2, -0.15) is 18.2 Å². The molecule has 0 spiro atoms. The molecule has 6 nitrogen and oxygen atoms in total. The molecular formula is C31H32F3N5O. The van der Waals surface area contributed by atoms with E-state index in [0.29, 0.717) is 35.1 Å². The SMILES string of the molecule is CN(C)c1nc(N[C@H]2CC[C@@H](CNC(=O)c3ccccc3-c3ccc(C(F)(F)F)cc3)CC2)nc2ccccc12. The second kappa shape index (κ2) is 11.5. The molecule has 0 aliphatic heterocycles. The maximum atomic E-state index is 13.1. The number of hydrogen-bond acceptors (Lipinski definition) is 5. The number of hydrogen-bond donors (Lipinski definition) is 2. The summed E-state index contributed by atoms with van der Waals surface area (Å²) in [5.41, 5.74) is 1.81. The summed E-state index contributed by atoms with van der Waals surface area (Å²) in [7, 11) is 3.94. The van der Waals surface area contributed by atoms with Crippen LogP contribution in [0.25, 0.3) is 22.0 Å². The molecule has 208 valence electrons. The Hall–Kier alpha value is -4.14. The highest BCUT2D eigenvalue weighted by Gasteiger charge is 2.30. The standard InChI is InChI=1S/C31H32F3N5O/c1-39(2)28-26-9-5-6-10-27(26)37-30(38-28)36-23-17-11-20(12-18-23)19-35-29(40)25-8-4-3-7-24(25)21-13-15-22(16-14-21)31(32,33)34/h3-10,13-16,20,23H,11-12,17-19H2,1-2H3,(H,35,40)(H,36,37,38)/t20-,23+. The van der Waals surface area contributed by atoms with Gasteiger partial charge < -0.3 is 15.5 Å². The Kier molecular flexibility index (Phi) is 7.91. The third kappa shape index (κ3) is 6.19. The van der Waals surface area contributed by atoms with Gasteiger partial charge in [0.05, 0.1) is 11.1 Å². The van der Waals surface area contributed by atoms with Crippen molar-refractivity contribution in [2.75, 3.05) is 30.9 Å². The molecule has 0 atom stereocenters. The van der Waals surface area contributed by atoms with E-state index in [2.05, 4.69) is 10.6 Å². The summed E-state index contributed by atoms with van der Waals surface area (Å²) in [6.07, 6.45) is -0.618. The van der Waals surface area contributed by atoms with E-state index in [1.54, 1.807) is 24.3 Å². The summed E-state index contributed by atoms with van der Waals surface area (Å²) in [5.74, 6) is 1.62. The predicted octanol–water partition coefficient (Wildman–Crippen LogP) is 6.78. The third-order valence-corrected chi connectivity index (χ3v) is 7.43. The van der Waals surface area contributed by atoms with Crippen LogP contribution in [0.15, 0.2) is 72.8 Å². The Bertz CT molecular complexity index is 1480. The molecule has 5 rings (SSSR count). The normalized spacial score (nSPS) is 17.4. The van der Waals surface area contributed by atoms with Crippen molar-refractivity contribution in [1.29, 1.82) is 0 Å². The van der Waals surface area contributed by atoms with Crippen LogP contribution in [0.3, 0.4) is 0 Å². The molecule has 2 N–H and O–H groups in total. The van der Waals surface area contributed by atoms with Gasteiger partial charge in [-0.25, -0.2) is 4.98 Å². The Morgan fingerprint density at radius 1 is 0.900 bits per heavy atom. The number of nitrogens with one attached hydrogen (secondary N) is 2. The van der Waals surface area contributed by atoms with Crippen LogP contribution in [0.4, 0.5) is 24.9 Å². The predicted molar refractivity (Wildman–Crippen MR) is 152 cm³/mol. The molecule has 9 heteroatoms. The Morgan fingerprint density at radius 3 is 2.27 bits per heavy atom. The zero-order valence-electron chi connectivity index (χ0n) is 22.5. The lowest BCUT2D eigenvalue weighted by atomic mass is 9.86. The number of halogens is 3. The highest BCUT2D eigenvalue weighted by Crippen LogP contribution is 2.32. The van der Waals surface area contributed by atoms with Gasteiger partial charge in [-0.15, -0.1) is 0 Å². The van der Waals surface area contributed by atoms with E-state index in [4.69, 9.17) is 9.97 Å². The van der Waals surface area contributed by atoms with Gasteiger partial charge in [-0.1, -0.05) is 42.5 Å². The van der Waals surface area contributed by atoms with Crippen LogP contribution >= 0.6 is 0 Å². The van der Waals surface area contributed by atoms with E-state index < -0.39 is 11.7 Å². The molecule has 0 bridgehead atoms. The molecule has 4 aromatic rings. The van der Waals surface area contributed by atoms with Crippen LogP contribution in [0.1, 0.15) is 41.6 Å². The van der Waals surface area contributed by atoms with Crippen LogP contribution in [0, 0.1) is 5.92 Å². The molecular weight excluding hydrogens is 515 g/mol. The molecule has 0 unspecified atom stereocenters. The minimum atomic E-state index is -4.40. The van der Waals surface area contributed by atoms with Crippen molar-refractivity contribution in [2.45, 2.75) is 37.9 Å². The zero-order chi connectivity index (χ0) is 28.3. The first kappa shape index (κ1) is 27.4. The summed E-state index contributed by atoms with van der Waals surface area (Å²) < 4.78 is 38.9. The summed E-state index contributed by atoms with van der Waals surface area (Å²) in [6, 6.07) is 20.1. The molecule has 1 heterocycles. The number of anilines is 2. The fourth-order valence-electron chi connectivity index (χ4n) is 5.26. The van der Waals surface area contributed by atoms with Gasteiger partial charge in [0.2, 0.25) is 5.95 Å². The Balaban J connectivity index is 1.17. The fraction of sp³-hybridized carbons (Fsp3) is 0.323. The van der Waals surface area contributed by atoms with Crippen LogP contribution in [0.5, 0.6) is 0 Å². The first-order chi connectivity index (χ1) is 19.2. The largest absolute Gasteiger partial charge is 0.416 e. The van der Waals surface area contributed by atoms with E-state index >= 15 is 0 Å². The number of rotatable bonds is 7. The first-order valence-electron chi connectivity index (χ1n) is 13.4. The van der Waals surface area contributed by atoms with E-state index in [9.17, 15) is 18.0 Å². The topological polar surface area (TPSA) is 70.2 Å². The molecule has 3 aromatic carbocycles. The summed E-state index contributed by atoms with van der Waals surface area (Å²) in [6.45, 7) is 0.546. The minimum Gasteiger partial charge on any atom is -0.362 e. The maximum absolute atomic E-state index is 13.1. The third-order valence-electron chi connectivity index (χ3n) is 7.43. The zero-order valence-corrected chi connectivity index (χ0v) is 22.5. The Labute approximate surface area is 231 Å². The van der Waals surface area contributed by atoms with Crippen LogP contribution < -0.4 is 15.5 Å². The molecule has 1 fully saturated rings. The number of alkyl halides is 3. The number of nitrogens with zero attached hydrogens (tertiary/aromatic N) is 3. The summed E-state index contributed by atoms with van der Waals surface area (Å²) >= 11 is 0. The van der Waals surface area contributed by atoms with Crippen molar-refractivity contribution in [3.63, 3.8) is 0 Å². The van der Waals surface area contributed by atoms with Crippen LogP contribution in [-0.2, 0) is 6.18 Å². The Morgan fingerprint density at radius 2 is 1.57 bits per heavy atom. The number of benzene rings is 3. The molecule has 1 aliphatic rings. The monoisotopic (exact) mass is 547 g/mol. The lowest BCUT2D eigenvalue weighted by Gasteiger charge is -2.29. The highest BCUT2D eigenvalue weighted by atomic mass is 19.4. The van der Waals surface area contributed by atoms with Crippen molar-refractivity contribution in [3.05, 3.63) is 83.9 Å². The maximum Gasteiger partial charge on any atom is 0.416 e. The second-order valence-corrected chi connectivity index (χ2v) is 10.5. The summed E-state index contributed by atoms with van der Waals surface area (Å²) in [4.78, 5) is 24.5. The van der Waals surface area contributed by atoms with Gasteiger partial charge in [0, 0.05) is 37.6 Å². The van der Waals surface area contributed by atoms with Crippen molar-refractivity contribution in [1.82, 2.24) is 15.3 Å². The molecule has 1 saturated carbocycles. The molecule has 40 heavy (non-hydrogen) atoms. The molecule has 0 saturated heterocycles. The average molecular weight is 548 g/mol. The van der Waals surface area contributed by atoms with E-state index in [1.165, 1.54) is 12.1 Å². The molecule has 1 aromatic heterocycles. The van der Waals surface area contributed by atoms with Gasteiger partial charge in [-0.05, 0) is 73.1 Å². The summed E-state index contributed by atoms with van der Waals surface area (Å²) in [5, 5.41) is 7.57. The van der Waals surface area contributed by atoms with Crippen molar-refractivity contribution >= 4 is 28.6 Å². The van der Waals surface area contributed by atoms with Gasteiger partial charge in [-0.3, -0.25) is 4.79 Å². The smallest absolute Gasteiger partial charge is 0.362 e. The number of amides is 1. The lowest BCUT2D eigenvalue weighted by Crippen LogP contribution is -2.34. The van der Waals surface area contributed by atoms with E-state index in [-0.39, 0.29) is 11.9 Å². The van der Waals surface area contributed by atoms with Gasteiger partial charge in [0.25, 0.3) is 5.91 Å². The van der Waals surface area contributed by atoms with E-state index in [0.717, 1.165) is 54.5 Å². The molecule has 0 radical (unpaired) electrons. The van der Waals surface area contributed by atoms with Gasteiger partial charge in [0.15, 0.2) is 0 Å². The van der Waals surface area contributed by atoms with Crippen molar-refractivity contribution in [2.24, 2.45) is 5.92 Å². The number of fused-ring (bicyclic) bond motifs is 1. The van der Waals surface area contributed by atoms with Crippen LogP contribution in [-0.4, -0.2) is 42.6 Å². The van der Waals surface area contributed by atoms with Crippen LogP contribution in [0.2, 0.25) is 0 Å². The van der Waals surface area contributed by atoms with Gasteiger partial charge >= 0.3 is 6.18 Å². The number of para-hydroxylation sites is 1. The molecule has 1 aliphatic carbocycles. The molecule has 1 amide bonds. The van der Waals surface area contributed by atoms with E-state index in [1.807, 2.05) is 43.3 Å². The quantitative estimate of drug-likeness (QED) is 0.267. The average Bonchev–Trinajstić information content (AvgIpc) is 2.96. The van der Waals surface area contributed by atoms with Crippen molar-refractivity contribution < 1.29 is 18.0 Å². The number of carbonyl (C=O) groups is 1. The fourth-order valence-corrected chi connectivity index (χ4v) is 5.26. The second-order valence-electron chi connectivity index (χ2n) is 10.5. The number of carbonyl (C=O) groups excluding carboxylic acids is 1. The first-order valence-corrected chi connectivity index (χ1v) is 13.4. The van der Waals surface area contributed by atoms with Crippen molar-refractivity contribution in [3.8, 4) is 11.1 Å². The van der Waals surface area contributed by atoms with Gasteiger partial charge in [0.1, 0.15) is 5.82 Å².